The van der Waals surface area contributed by atoms with Gasteiger partial charge in [0, 0.05) is 17.7 Å². The summed E-state index contributed by atoms with van der Waals surface area (Å²) < 4.78 is 5.89. The molecule has 1 aliphatic heterocycles. The second-order valence-corrected chi connectivity index (χ2v) is 7.38. The summed E-state index contributed by atoms with van der Waals surface area (Å²) in [5.41, 5.74) is 6.14. The summed E-state index contributed by atoms with van der Waals surface area (Å²) in [6.45, 7) is 5.44. The first-order valence-corrected chi connectivity index (χ1v) is 10.1. The monoisotopic (exact) mass is 383 g/mol. The van der Waals surface area contributed by atoms with Crippen LogP contribution in [0.25, 0.3) is 11.6 Å². The van der Waals surface area contributed by atoms with Crippen molar-refractivity contribution in [2.45, 2.75) is 26.9 Å². The van der Waals surface area contributed by atoms with Gasteiger partial charge in [0.25, 0.3) is 5.91 Å². The Kier molecular flexibility index (Phi) is 5.48. The van der Waals surface area contributed by atoms with Crippen molar-refractivity contribution < 1.29 is 9.53 Å². The van der Waals surface area contributed by atoms with E-state index in [1.54, 1.807) is 0 Å². The van der Waals surface area contributed by atoms with Gasteiger partial charge in [0.05, 0.1) is 5.69 Å². The number of aryl methyl sites for hydroxylation is 1. The molecule has 3 aromatic carbocycles. The number of rotatable bonds is 6. The molecule has 0 saturated heterocycles. The van der Waals surface area contributed by atoms with Crippen molar-refractivity contribution in [3.05, 3.63) is 95.1 Å². The fourth-order valence-electron chi connectivity index (χ4n) is 3.57. The Morgan fingerprint density at radius 3 is 2.38 bits per heavy atom. The minimum absolute atomic E-state index is 0.0766. The summed E-state index contributed by atoms with van der Waals surface area (Å²) in [4.78, 5) is 14.8. The summed E-state index contributed by atoms with van der Waals surface area (Å²) in [5.74, 6) is 0.895. The summed E-state index contributed by atoms with van der Waals surface area (Å²) >= 11 is 0. The molecule has 3 nitrogen and oxygen atoms in total. The van der Waals surface area contributed by atoms with Gasteiger partial charge in [0.1, 0.15) is 12.4 Å². The first-order valence-electron chi connectivity index (χ1n) is 10.1. The van der Waals surface area contributed by atoms with Crippen LogP contribution in [-0.2, 0) is 11.4 Å². The SMILES string of the molecule is CCCN1C(=O)/C(=C\c2ccc(OCc3ccc(C)cc3)cc2)c2ccccc21. The van der Waals surface area contributed by atoms with E-state index >= 15 is 0 Å². The Bertz CT molecular complexity index is 1030. The van der Waals surface area contributed by atoms with Crippen molar-refractivity contribution in [2.24, 2.45) is 0 Å². The van der Waals surface area contributed by atoms with E-state index in [0.29, 0.717) is 6.61 Å². The lowest BCUT2D eigenvalue weighted by atomic mass is 10.0. The smallest absolute Gasteiger partial charge is 0.258 e. The quantitative estimate of drug-likeness (QED) is 0.498. The average Bonchev–Trinajstić information content (AvgIpc) is 3.01. The van der Waals surface area contributed by atoms with Crippen LogP contribution < -0.4 is 9.64 Å². The predicted octanol–water partition coefficient (Wildman–Crippen LogP) is 5.87. The van der Waals surface area contributed by atoms with Gasteiger partial charge in [-0.05, 0) is 48.7 Å². The summed E-state index contributed by atoms with van der Waals surface area (Å²) in [5, 5.41) is 0. The fourth-order valence-corrected chi connectivity index (χ4v) is 3.57. The Balaban J connectivity index is 1.51. The topological polar surface area (TPSA) is 29.5 Å². The number of hydrogen-bond acceptors (Lipinski definition) is 2. The van der Waals surface area contributed by atoms with E-state index in [-0.39, 0.29) is 5.91 Å². The number of carbonyl (C=O) groups excluding carboxylic acids is 1. The number of hydrogen-bond donors (Lipinski definition) is 0. The summed E-state index contributed by atoms with van der Waals surface area (Å²) in [6, 6.07) is 24.3. The van der Waals surface area contributed by atoms with Crippen LogP contribution in [0.1, 0.15) is 35.6 Å². The van der Waals surface area contributed by atoms with Gasteiger partial charge in [-0.25, -0.2) is 0 Å². The summed E-state index contributed by atoms with van der Waals surface area (Å²) in [6.07, 6.45) is 2.90. The molecule has 3 aromatic rings. The van der Waals surface area contributed by atoms with Crippen LogP contribution >= 0.6 is 0 Å². The fraction of sp³-hybridized carbons (Fsp3) is 0.192. The van der Waals surface area contributed by atoms with Crippen molar-refractivity contribution in [3.63, 3.8) is 0 Å². The molecule has 146 valence electrons. The lowest BCUT2D eigenvalue weighted by Gasteiger charge is -2.15. The zero-order chi connectivity index (χ0) is 20.2. The summed E-state index contributed by atoms with van der Waals surface area (Å²) in [7, 11) is 0. The van der Waals surface area contributed by atoms with Crippen LogP contribution in [0.15, 0.2) is 72.8 Å². The normalized spacial score (nSPS) is 14.3. The molecule has 3 heteroatoms. The van der Waals surface area contributed by atoms with Gasteiger partial charge in [0.2, 0.25) is 0 Å². The second-order valence-electron chi connectivity index (χ2n) is 7.38. The van der Waals surface area contributed by atoms with E-state index in [1.807, 2.05) is 59.5 Å². The van der Waals surface area contributed by atoms with Gasteiger partial charge < -0.3 is 9.64 Å². The van der Waals surface area contributed by atoms with Crippen LogP contribution in [0.5, 0.6) is 5.75 Å². The molecule has 1 aliphatic rings. The number of fused-ring (bicyclic) bond motifs is 1. The maximum absolute atomic E-state index is 12.9. The Hall–Kier alpha value is -3.33. The van der Waals surface area contributed by atoms with Crippen molar-refractivity contribution in [2.75, 3.05) is 11.4 Å². The maximum atomic E-state index is 12.9. The Labute approximate surface area is 172 Å². The van der Waals surface area contributed by atoms with E-state index in [9.17, 15) is 4.79 Å². The van der Waals surface area contributed by atoms with E-state index < -0.39 is 0 Å². The van der Waals surface area contributed by atoms with Crippen LogP contribution in [0.4, 0.5) is 5.69 Å². The predicted molar refractivity (Wildman–Crippen MR) is 119 cm³/mol. The molecular weight excluding hydrogens is 358 g/mol. The second kappa shape index (κ2) is 8.36. The Morgan fingerprint density at radius 1 is 0.931 bits per heavy atom. The van der Waals surface area contributed by atoms with Gasteiger partial charge in [-0.15, -0.1) is 0 Å². The average molecular weight is 383 g/mol. The highest BCUT2D eigenvalue weighted by atomic mass is 16.5. The number of benzene rings is 3. The molecule has 0 bridgehead atoms. The molecule has 0 atom stereocenters. The molecular formula is C26H25NO2. The van der Waals surface area contributed by atoms with Crippen LogP contribution in [0, 0.1) is 6.92 Å². The lowest BCUT2D eigenvalue weighted by Crippen LogP contribution is -2.26. The molecule has 0 aliphatic carbocycles. The highest BCUT2D eigenvalue weighted by Gasteiger charge is 2.31. The lowest BCUT2D eigenvalue weighted by molar-refractivity contribution is -0.113. The molecule has 0 unspecified atom stereocenters. The highest BCUT2D eigenvalue weighted by Crippen LogP contribution is 2.37. The molecule has 0 spiro atoms. The van der Waals surface area contributed by atoms with Crippen molar-refractivity contribution >= 4 is 23.2 Å². The highest BCUT2D eigenvalue weighted by molar-refractivity contribution is 6.35. The number of amides is 1. The number of nitrogens with zero attached hydrogens (tertiary/aromatic N) is 1. The van der Waals surface area contributed by atoms with Gasteiger partial charge in [0.15, 0.2) is 0 Å². The molecule has 4 rings (SSSR count). The third-order valence-electron chi connectivity index (χ3n) is 5.12. The van der Waals surface area contributed by atoms with Crippen LogP contribution in [-0.4, -0.2) is 12.5 Å². The van der Waals surface area contributed by atoms with Crippen LogP contribution in [0.2, 0.25) is 0 Å². The molecule has 29 heavy (non-hydrogen) atoms. The first kappa shape index (κ1) is 19.0. The number of anilines is 1. The molecule has 1 amide bonds. The van der Waals surface area contributed by atoms with Gasteiger partial charge in [-0.3, -0.25) is 4.79 Å². The van der Waals surface area contributed by atoms with Gasteiger partial charge in [-0.1, -0.05) is 67.1 Å². The molecule has 0 aromatic heterocycles. The molecule has 0 fully saturated rings. The zero-order valence-electron chi connectivity index (χ0n) is 16.9. The minimum Gasteiger partial charge on any atom is -0.489 e. The van der Waals surface area contributed by atoms with Gasteiger partial charge in [-0.2, -0.15) is 0 Å². The van der Waals surface area contributed by atoms with E-state index in [4.69, 9.17) is 4.74 Å². The molecule has 0 N–H and O–H groups in total. The Morgan fingerprint density at radius 2 is 1.66 bits per heavy atom. The van der Waals surface area contributed by atoms with E-state index in [0.717, 1.165) is 46.7 Å². The molecule has 1 heterocycles. The number of carbonyl (C=O) groups is 1. The van der Waals surface area contributed by atoms with E-state index in [2.05, 4.69) is 38.1 Å². The first-order chi connectivity index (χ1) is 14.2. The van der Waals surface area contributed by atoms with Crippen molar-refractivity contribution in [3.8, 4) is 5.75 Å². The van der Waals surface area contributed by atoms with E-state index in [1.165, 1.54) is 5.56 Å². The van der Waals surface area contributed by atoms with Gasteiger partial charge >= 0.3 is 0 Å². The molecule has 0 saturated carbocycles. The zero-order valence-corrected chi connectivity index (χ0v) is 16.9. The van der Waals surface area contributed by atoms with Crippen molar-refractivity contribution in [1.29, 1.82) is 0 Å². The third kappa shape index (κ3) is 4.09. The third-order valence-corrected chi connectivity index (χ3v) is 5.12. The maximum Gasteiger partial charge on any atom is 0.258 e. The number of ether oxygens (including phenoxy) is 1. The molecule has 0 radical (unpaired) electrons. The number of para-hydroxylation sites is 1. The standard InChI is InChI=1S/C26H25NO2/c1-3-16-27-25-7-5-4-6-23(25)24(26(27)28)17-20-12-14-22(15-13-20)29-18-21-10-8-19(2)9-11-21/h4-15,17H,3,16,18H2,1-2H3/b24-17-. The van der Waals surface area contributed by atoms with Crippen LogP contribution in [0.3, 0.4) is 0 Å². The largest absolute Gasteiger partial charge is 0.489 e. The van der Waals surface area contributed by atoms with Crippen molar-refractivity contribution in [1.82, 2.24) is 0 Å². The minimum atomic E-state index is 0.0766.